The molecule has 1 radical (unpaired) electrons. The van der Waals surface area contributed by atoms with E-state index >= 15 is 0 Å². The van der Waals surface area contributed by atoms with Gasteiger partial charge >= 0.3 is 0 Å². The van der Waals surface area contributed by atoms with E-state index in [2.05, 4.69) is 6.07 Å². The number of ether oxygens (including phenoxy) is 1. The van der Waals surface area contributed by atoms with Crippen LogP contribution < -0.4 is 4.74 Å². The molecule has 0 spiro atoms. The van der Waals surface area contributed by atoms with Crippen LogP contribution in [0.5, 0.6) is 5.75 Å². The molecule has 7 heteroatoms. The SMILES string of the molecule is COc1cc(S(C)(=O)=O)ccc1S(=O)(=O)c1cc[c]cc1. The molecule has 0 aliphatic rings. The van der Waals surface area contributed by atoms with Gasteiger partial charge in [0.25, 0.3) is 0 Å². The lowest BCUT2D eigenvalue weighted by molar-refractivity contribution is 0.401. The Labute approximate surface area is 124 Å². The Balaban J connectivity index is 2.65. The Bertz CT molecular complexity index is 853. The van der Waals surface area contributed by atoms with Gasteiger partial charge in [-0.2, -0.15) is 0 Å². The average Bonchev–Trinajstić information content (AvgIpc) is 2.46. The van der Waals surface area contributed by atoms with Crippen molar-refractivity contribution in [2.75, 3.05) is 13.4 Å². The van der Waals surface area contributed by atoms with Crippen molar-refractivity contribution in [2.45, 2.75) is 14.7 Å². The monoisotopic (exact) mass is 325 g/mol. The van der Waals surface area contributed by atoms with Crippen molar-refractivity contribution in [3.05, 3.63) is 48.5 Å². The minimum atomic E-state index is -3.78. The summed E-state index contributed by atoms with van der Waals surface area (Å²) in [6, 6.07) is 12.2. The van der Waals surface area contributed by atoms with Gasteiger partial charge in [0.15, 0.2) is 9.84 Å². The predicted molar refractivity (Wildman–Crippen MR) is 76.8 cm³/mol. The summed E-state index contributed by atoms with van der Waals surface area (Å²) in [6.45, 7) is 0. The third-order valence-corrected chi connectivity index (χ3v) is 5.77. The molecule has 2 rings (SSSR count). The summed E-state index contributed by atoms with van der Waals surface area (Å²) in [7, 11) is -5.94. The first-order chi connectivity index (χ1) is 9.76. The molecular weight excluding hydrogens is 312 g/mol. The van der Waals surface area contributed by atoms with E-state index in [0.29, 0.717) is 0 Å². The maximum Gasteiger partial charge on any atom is 0.210 e. The quantitative estimate of drug-likeness (QED) is 0.855. The van der Waals surface area contributed by atoms with Crippen LogP contribution in [-0.2, 0) is 19.7 Å². The first-order valence-corrected chi connectivity index (χ1v) is 9.23. The molecule has 0 heterocycles. The largest absolute Gasteiger partial charge is 0.495 e. The number of rotatable bonds is 4. The third-order valence-electron chi connectivity index (χ3n) is 2.85. The van der Waals surface area contributed by atoms with Crippen molar-refractivity contribution >= 4 is 19.7 Å². The Morgan fingerprint density at radius 2 is 1.57 bits per heavy atom. The fraction of sp³-hybridized carbons (Fsp3) is 0.143. The van der Waals surface area contributed by atoms with Gasteiger partial charge in [0, 0.05) is 12.3 Å². The van der Waals surface area contributed by atoms with Gasteiger partial charge < -0.3 is 4.74 Å². The minimum absolute atomic E-state index is 0.000282. The Kier molecular flexibility index (Phi) is 4.06. The zero-order chi connectivity index (χ0) is 15.7. The molecule has 5 nitrogen and oxygen atoms in total. The molecule has 0 N–H and O–H groups in total. The summed E-state index contributed by atoms with van der Waals surface area (Å²) >= 11 is 0. The van der Waals surface area contributed by atoms with Gasteiger partial charge in [-0.25, -0.2) is 16.8 Å². The van der Waals surface area contributed by atoms with E-state index in [1.54, 1.807) is 0 Å². The summed E-state index contributed by atoms with van der Waals surface area (Å²) in [6.07, 6.45) is 1.04. The van der Waals surface area contributed by atoms with Crippen LogP contribution in [-0.4, -0.2) is 30.2 Å². The highest BCUT2D eigenvalue weighted by Gasteiger charge is 2.23. The minimum Gasteiger partial charge on any atom is -0.495 e. The van der Waals surface area contributed by atoms with E-state index in [0.717, 1.165) is 6.26 Å². The second-order valence-electron chi connectivity index (χ2n) is 4.32. The van der Waals surface area contributed by atoms with E-state index in [1.165, 1.54) is 49.6 Å². The molecule has 0 aromatic heterocycles. The molecule has 0 fully saturated rings. The first-order valence-electron chi connectivity index (χ1n) is 5.86. The summed E-state index contributed by atoms with van der Waals surface area (Å²) in [4.78, 5) is 0.00921. The van der Waals surface area contributed by atoms with Gasteiger partial charge in [0.05, 0.1) is 16.9 Å². The second-order valence-corrected chi connectivity index (χ2v) is 8.26. The van der Waals surface area contributed by atoms with Gasteiger partial charge in [0.2, 0.25) is 9.84 Å². The average molecular weight is 325 g/mol. The van der Waals surface area contributed by atoms with E-state index in [4.69, 9.17) is 4.74 Å². The Morgan fingerprint density at radius 1 is 0.952 bits per heavy atom. The summed E-state index contributed by atoms with van der Waals surface area (Å²) in [5.74, 6) is -0.00856. The standard InChI is InChI=1S/C14H13O5S2/c1-19-13-10-12(20(2,15)16)8-9-14(13)21(17,18)11-6-4-3-5-7-11/h4-10H,1-2H3. The third kappa shape index (κ3) is 3.08. The number of benzene rings is 2. The van der Waals surface area contributed by atoms with Crippen LogP contribution in [0.15, 0.2) is 57.2 Å². The van der Waals surface area contributed by atoms with Crippen molar-refractivity contribution in [3.63, 3.8) is 0 Å². The molecule has 0 atom stereocenters. The normalized spacial score (nSPS) is 12.1. The van der Waals surface area contributed by atoms with Crippen LogP contribution in [0.25, 0.3) is 0 Å². The van der Waals surface area contributed by atoms with Crippen LogP contribution in [0.3, 0.4) is 0 Å². The zero-order valence-corrected chi connectivity index (χ0v) is 13.0. The lowest BCUT2D eigenvalue weighted by Crippen LogP contribution is -2.06. The molecule has 21 heavy (non-hydrogen) atoms. The fourth-order valence-corrected chi connectivity index (χ4v) is 3.82. The molecule has 0 unspecified atom stereocenters. The van der Waals surface area contributed by atoms with E-state index in [9.17, 15) is 16.8 Å². The molecule has 111 valence electrons. The predicted octanol–water partition coefficient (Wildman–Crippen LogP) is 1.73. The van der Waals surface area contributed by atoms with Gasteiger partial charge in [-0.1, -0.05) is 12.1 Å². The van der Waals surface area contributed by atoms with Gasteiger partial charge in [-0.05, 0) is 30.3 Å². The van der Waals surface area contributed by atoms with E-state index < -0.39 is 19.7 Å². The van der Waals surface area contributed by atoms with Crippen LogP contribution in [0.4, 0.5) is 0 Å². The van der Waals surface area contributed by atoms with Crippen LogP contribution >= 0.6 is 0 Å². The number of hydrogen-bond acceptors (Lipinski definition) is 5. The molecular formula is C14H13O5S2. The van der Waals surface area contributed by atoms with Crippen molar-refractivity contribution in [1.29, 1.82) is 0 Å². The highest BCUT2D eigenvalue weighted by molar-refractivity contribution is 7.91. The summed E-state index contributed by atoms with van der Waals surface area (Å²) in [5, 5.41) is 0. The van der Waals surface area contributed by atoms with E-state index in [-0.39, 0.29) is 20.4 Å². The molecule has 0 aliphatic heterocycles. The van der Waals surface area contributed by atoms with Gasteiger partial charge in [0.1, 0.15) is 10.6 Å². The smallest absolute Gasteiger partial charge is 0.210 e. The van der Waals surface area contributed by atoms with Crippen molar-refractivity contribution in [2.24, 2.45) is 0 Å². The van der Waals surface area contributed by atoms with Crippen molar-refractivity contribution in [1.82, 2.24) is 0 Å². The summed E-state index contributed by atoms with van der Waals surface area (Å²) < 4.78 is 53.1. The maximum absolute atomic E-state index is 12.5. The van der Waals surface area contributed by atoms with Crippen molar-refractivity contribution < 1.29 is 21.6 Å². The van der Waals surface area contributed by atoms with Crippen LogP contribution in [0.2, 0.25) is 0 Å². The lowest BCUT2D eigenvalue weighted by Gasteiger charge is -2.11. The fourth-order valence-electron chi connectivity index (χ4n) is 1.78. The van der Waals surface area contributed by atoms with Gasteiger partial charge in [-0.15, -0.1) is 0 Å². The van der Waals surface area contributed by atoms with Crippen LogP contribution in [0.1, 0.15) is 0 Å². The highest BCUT2D eigenvalue weighted by Crippen LogP contribution is 2.31. The number of sulfone groups is 2. The van der Waals surface area contributed by atoms with Crippen molar-refractivity contribution in [3.8, 4) is 5.75 Å². The van der Waals surface area contributed by atoms with Gasteiger partial charge in [-0.3, -0.25) is 0 Å². The van der Waals surface area contributed by atoms with E-state index in [1.807, 2.05) is 0 Å². The molecule has 0 bridgehead atoms. The summed E-state index contributed by atoms with van der Waals surface area (Å²) in [5.41, 5.74) is 0. The maximum atomic E-state index is 12.5. The Morgan fingerprint density at radius 3 is 2.10 bits per heavy atom. The number of methoxy groups -OCH3 is 1. The second kappa shape index (κ2) is 5.50. The Hall–Kier alpha value is -1.86. The van der Waals surface area contributed by atoms with Crippen LogP contribution in [0, 0.1) is 6.07 Å². The molecule has 0 saturated heterocycles. The highest BCUT2D eigenvalue weighted by atomic mass is 32.2. The number of hydrogen-bond donors (Lipinski definition) is 0. The molecule has 2 aromatic carbocycles. The molecule has 0 saturated carbocycles. The molecule has 0 aliphatic carbocycles. The zero-order valence-electron chi connectivity index (χ0n) is 11.4. The first kappa shape index (κ1) is 15.5. The lowest BCUT2D eigenvalue weighted by atomic mass is 10.3. The topological polar surface area (TPSA) is 77.5 Å². The molecule has 2 aromatic rings. The molecule has 0 amide bonds.